The number of piperazine rings is 1. The zero-order chi connectivity index (χ0) is 17.5. The van der Waals surface area contributed by atoms with Crippen molar-refractivity contribution in [2.45, 2.75) is 13.0 Å². The number of carbonyl (C=O) groups excluding carboxylic acids is 1. The molecule has 132 valence electrons. The minimum Gasteiger partial charge on any atom is -0.397 e. The molecule has 2 aromatic carbocycles. The standard InChI is InChI=1S/C20H26N4O/c21-18-8-4-5-9-19(18)22-20(25)10-11-23-12-14-24(15-13-23)16-17-6-2-1-3-7-17/h1-9H,10-16,21H2,(H,22,25). The second-order valence-electron chi connectivity index (χ2n) is 6.49. The van der Waals surface area contributed by atoms with Crippen LogP contribution in [0.5, 0.6) is 0 Å². The van der Waals surface area contributed by atoms with Crippen LogP contribution in [-0.4, -0.2) is 48.4 Å². The Hall–Kier alpha value is -2.37. The van der Waals surface area contributed by atoms with E-state index in [-0.39, 0.29) is 5.91 Å². The first kappa shape index (κ1) is 17.5. The molecule has 3 N–H and O–H groups in total. The number of para-hydroxylation sites is 2. The van der Waals surface area contributed by atoms with Crippen molar-refractivity contribution >= 4 is 17.3 Å². The number of benzene rings is 2. The Morgan fingerprint density at radius 2 is 1.56 bits per heavy atom. The van der Waals surface area contributed by atoms with E-state index in [1.807, 2.05) is 18.2 Å². The van der Waals surface area contributed by atoms with Gasteiger partial charge in [-0.1, -0.05) is 42.5 Å². The Balaban J connectivity index is 1.38. The number of nitrogen functional groups attached to an aromatic ring is 1. The second-order valence-corrected chi connectivity index (χ2v) is 6.49. The van der Waals surface area contributed by atoms with Gasteiger partial charge in [-0.05, 0) is 17.7 Å². The Kier molecular flexibility index (Phi) is 6.04. The molecule has 5 nitrogen and oxygen atoms in total. The number of nitrogens with two attached hydrogens (primary N) is 1. The first-order valence-corrected chi connectivity index (χ1v) is 8.84. The number of carbonyl (C=O) groups is 1. The largest absolute Gasteiger partial charge is 0.397 e. The van der Waals surface area contributed by atoms with Gasteiger partial charge in [-0.2, -0.15) is 0 Å². The number of hydrogen-bond donors (Lipinski definition) is 2. The predicted molar refractivity (Wildman–Crippen MR) is 102 cm³/mol. The van der Waals surface area contributed by atoms with Crippen LogP contribution in [0, 0.1) is 0 Å². The smallest absolute Gasteiger partial charge is 0.225 e. The van der Waals surface area contributed by atoms with Crippen molar-refractivity contribution in [2.75, 3.05) is 43.8 Å². The van der Waals surface area contributed by atoms with Crippen molar-refractivity contribution in [3.63, 3.8) is 0 Å². The maximum Gasteiger partial charge on any atom is 0.225 e. The van der Waals surface area contributed by atoms with E-state index in [0.29, 0.717) is 17.8 Å². The average Bonchev–Trinajstić information content (AvgIpc) is 2.64. The van der Waals surface area contributed by atoms with Gasteiger partial charge < -0.3 is 16.0 Å². The van der Waals surface area contributed by atoms with Crippen LogP contribution in [0.3, 0.4) is 0 Å². The molecule has 1 aliphatic heterocycles. The Labute approximate surface area is 149 Å². The van der Waals surface area contributed by atoms with Crippen LogP contribution in [-0.2, 0) is 11.3 Å². The SMILES string of the molecule is Nc1ccccc1NC(=O)CCN1CCN(Cc2ccccc2)CC1. The zero-order valence-electron chi connectivity index (χ0n) is 14.5. The number of nitrogens with zero attached hydrogens (tertiary/aromatic N) is 2. The first-order chi connectivity index (χ1) is 12.2. The van der Waals surface area contributed by atoms with Crippen molar-refractivity contribution in [1.29, 1.82) is 0 Å². The van der Waals surface area contributed by atoms with Gasteiger partial charge in [0, 0.05) is 45.7 Å². The van der Waals surface area contributed by atoms with E-state index < -0.39 is 0 Å². The van der Waals surface area contributed by atoms with Gasteiger partial charge in [0.2, 0.25) is 5.91 Å². The maximum atomic E-state index is 12.1. The minimum atomic E-state index is 0.0182. The van der Waals surface area contributed by atoms with Gasteiger partial charge in [0.05, 0.1) is 11.4 Å². The van der Waals surface area contributed by atoms with Gasteiger partial charge in [0.25, 0.3) is 0 Å². The summed E-state index contributed by atoms with van der Waals surface area (Å²) in [5.74, 6) is 0.0182. The summed E-state index contributed by atoms with van der Waals surface area (Å²) >= 11 is 0. The fourth-order valence-electron chi connectivity index (χ4n) is 3.10. The lowest BCUT2D eigenvalue weighted by Crippen LogP contribution is -2.46. The molecule has 0 unspecified atom stereocenters. The fraction of sp³-hybridized carbons (Fsp3) is 0.350. The Bertz CT molecular complexity index is 681. The Morgan fingerprint density at radius 3 is 2.28 bits per heavy atom. The molecule has 1 amide bonds. The van der Waals surface area contributed by atoms with Crippen LogP contribution in [0.15, 0.2) is 54.6 Å². The molecular weight excluding hydrogens is 312 g/mol. The molecule has 1 heterocycles. The highest BCUT2D eigenvalue weighted by Crippen LogP contribution is 2.17. The van der Waals surface area contributed by atoms with Gasteiger partial charge in [0.15, 0.2) is 0 Å². The van der Waals surface area contributed by atoms with Crippen molar-refractivity contribution in [1.82, 2.24) is 9.80 Å². The number of anilines is 2. The molecule has 0 aliphatic carbocycles. The predicted octanol–water partition coefficient (Wildman–Crippen LogP) is 2.42. The highest BCUT2D eigenvalue weighted by Gasteiger charge is 2.17. The minimum absolute atomic E-state index is 0.0182. The normalized spacial score (nSPS) is 15.8. The number of amides is 1. The molecular formula is C20H26N4O. The van der Waals surface area contributed by atoms with E-state index in [4.69, 9.17) is 5.73 Å². The molecule has 0 bridgehead atoms. The highest BCUT2D eigenvalue weighted by atomic mass is 16.1. The summed E-state index contributed by atoms with van der Waals surface area (Å²) in [6.07, 6.45) is 0.493. The molecule has 0 spiro atoms. The van der Waals surface area contributed by atoms with Gasteiger partial charge in [-0.15, -0.1) is 0 Å². The fourth-order valence-corrected chi connectivity index (χ4v) is 3.10. The lowest BCUT2D eigenvalue weighted by molar-refractivity contribution is -0.116. The van der Waals surface area contributed by atoms with Crippen molar-refractivity contribution in [3.8, 4) is 0 Å². The van der Waals surface area contributed by atoms with Gasteiger partial charge in [-0.3, -0.25) is 9.69 Å². The zero-order valence-corrected chi connectivity index (χ0v) is 14.5. The highest BCUT2D eigenvalue weighted by molar-refractivity contribution is 5.93. The topological polar surface area (TPSA) is 61.6 Å². The third kappa shape index (κ3) is 5.31. The Morgan fingerprint density at radius 1 is 0.920 bits per heavy atom. The summed E-state index contributed by atoms with van der Waals surface area (Å²) in [5.41, 5.74) is 8.51. The van der Waals surface area contributed by atoms with Gasteiger partial charge in [-0.25, -0.2) is 0 Å². The third-order valence-corrected chi connectivity index (χ3v) is 4.60. The molecule has 5 heteroatoms. The van der Waals surface area contributed by atoms with E-state index in [2.05, 4.69) is 45.4 Å². The van der Waals surface area contributed by atoms with E-state index in [1.54, 1.807) is 6.07 Å². The molecule has 0 atom stereocenters. The lowest BCUT2D eigenvalue weighted by atomic mass is 10.2. The van der Waals surface area contributed by atoms with Gasteiger partial charge in [0.1, 0.15) is 0 Å². The van der Waals surface area contributed by atoms with Crippen molar-refractivity contribution in [2.24, 2.45) is 0 Å². The van der Waals surface area contributed by atoms with Crippen LogP contribution >= 0.6 is 0 Å². The van der Waals surface area contributed by atoms with Crippen LogP contribution < -0.4 is 11.1 Å². The number of nitrogens with one attached hydrogen (secondary N) is 1. The van der Waals surface area contributed by atoms with Crippen LogP contribution in [0.2, 0.25) is 0 Å². The summed E-state index contributed by atoms with van der Waals surface area (Å²) in [5, 5.41) is 2.89. The number of hydrogen-bond acceptors (Lipinski definition) is 4. The molecule has 1 aliphatic rings. The van der Waals surface area contributed by atoms with Crippen LogP contribution in [0.25, 0.3) is 0 Å². The van der Waals surface area contributed by atoms with Crippen LogP contribution in [0.1, 0.15) is 12.0 Å². The average molecular weight is 338 g/mol. The molecule has 2 aromatic rings. The summed E-state index contributed by atoms with van der Waals surface area (Å²) < 4.78 is 0. The number of rotatable bonds is 6. The van der Waals surface area contributed by atoms with Crippen molar-refractivity contribution < 1.29 is 4.79 Å². The first-order valence-electron chi connectivity index (χ1n) is 8.84. The van der Waals surface area contributed by atoms with Crippen LogP contribution in [0.4, 0.5) is 11.4 Å². The van der Waals surface area contributed by atoms with Crippen molar-refractivity contribution in [3.05, 3.63) is 60.2 Å². The molecule has 0 aromatic heterocycles. The monoisotopic (exact) mass is 338 g/mol. The lowest BCUT2D eigenvalue weighted by Gasteiger charge is -2.34. The molecule has 0 saturated carbocycles. The molecule has 1 saturated heterocycles. The summed E-state index contributed by atoms with van der Waals surface area (Å²) in [4.78, 5) is 16.9. The van der Waals surface area contributed by atoms with Gasteiger partial charge >= 0.3 is 0 Å². The third-order valence-electron chi connectivity index (χ3n) is 4.60. The maximum absolute atomic E-state index is 12.1. The molecule has 3 rings (SSSR count). The molecule has 25 heavy (non-hydrogen) atoms. The summed E-state index contributed by atoms with van der Waals surface area (Å²) in [6, 6.07) is 17.9. The quantitative estimate of drug-likeness (QED) is 0.794. The van der Waals surface area contributed by atoms with E-state index >= 15 is 0 Å². The molecule has 1 fully saturated rings. The summed E-state index contributed by atoms with van der Waals surface area (Å²) in [6.45, 7) is 5.89. The van der Waals surface area contributed by atoms with E-state index in [9.17, 15) is 4.79 Å². The summed E-state index contributed by atoms with van der Waals surface area (Å²) in [7, 11) is 0. The van der Waals surface area contributed by atoms with E-state index in [1.165, 1.54) is 5.56 Å². The van der Waals surface area contributed by atoms with E-state index in [0.717, 1.165) is 39.3 Å². The second kappa shape index (κ2) is 8.65. The molecule has 0 radical (unpaired) electrons.